The first-order chi connectivity index (χ1) is 21.0. The molecule has 6 aromatic rings. The molecule has 0 unspecified atom stereocenters. The molecule has 0 spiro atoms. The molecule has 0 aliphatic heterocycles. The first kappa shape index (κ1) is 28.0. The normalized spacial score (nSPS) is 11.4. The van der Waals surface area contributed by atoms with Gasteiger partial charge in [-0.3, -0.25) is 13.9 Å². The zero-order valence-corrected chi connectivity index (χ0v) is 24.4. The van der Waals surface area contributed by atoms with Gasteiger partial charge in [0.05, 0.1) is 0 Å². The molecule has 218 valence electrons. The molecule has 1 N–H and O–H groups in total. The van der Waals surface area contributed by atoms with Crippen LogP contribution in [0.15, 0.2) is 88.5 Å². The Morgan fingerprint density at radius 3 is 2.26 bits per heavy atom. The molecule has 43 heavy (non-hydrogen) atoms. The third-order valence-corrected chi connectivity index (χ3v) is 7.92. The molecular weight excluding hydrogens is 540 g/mol. The van der Waals surface area contributed by atoms with Crippen LogP contribution in [0.5, 0.6) is 0 Å². The number of aryl methyl sites for hydroxylation is 3. The summed E-state index contributed by atoms with van der Waals surface area (Å²) < 4.78 is 4.87. The van der Waals surface area contributed by atoms with E-state index in [1.165, 1.54) is 9.13 Å². The lowest BCUT2D eigenvalue weighted by atomic mass is 9.98. The molecule has 0 atom stereocenters. The van der Waals surface area contributed by atoms with Crippen molar-refractivity contribution in [3.05, 3.63) is 117 Å². The van der Waals surface area contributed by atoms with Crippen molar-refractivity contribution in [3.8, 4) is 22.5 Å². The van der Waals surface area contributed by atoms with Gasteiger partial charge in [-0.05, 0) is 45.5 Å². The third kappa shape index (κ3) is 5.68. The number of imidazole rings is 1. The lowest BCUT2D eigenvalue weighted by Gasteiger charge is -2.12. The number of nitrogens with zero attached hydrogens (tertiary/aromatic N) is 7. The summed E-state index contributed by atoms with van der Waals surface area (Å²) in [4.78, 5) is 32.1. The molecule has 10 heteroatoms. The number of unbranched alkanes of at least 4 members (excludes halogenated alkanes) is 2. The van der Waals surface area contributed by atoms with Gasteiger partial charge in [0.1, 0.15) is 5.82 Å². The maximum Gasteiger partial charge on any atom is 0.332 e. The van der Waals surface area contributed by atoms with E-state index in [4.69, 9.17) is 4.98 Å². The Bertz CT molecular complexity index is 1950. The summed E-state index contributed by atoms with van der Waals surface area (Å²) in [6.07, 6.45) is 4.43. The highest BCUT2D eigenvalue weighted by molar-refractivity contribution is 5.80. The number of fused-ring (bicyclic) bond motifs is 1. The van der Waals surface area contributed by atoms with Crippen LogP contribution in [0, 0.1) is 0 Å². The van der Waals surface area contributed by atoms with E-state index in [0.29, 0.717) is 36.5 Å². The Labute approximate surface area is 248 Å². The van der Waals surface area contributed by atoms with Gasteiger partial charge in [-0.25, -0.2) is 14.9 Å². The highest BCUT2D eigenvalue weighted by Crippen LogP contribution is 2.30. The topological polar surface area (TPSA) is 116 Å². The predicted octanol–water partition coefficient (Wildman–Crippen LogP) is 4.77. The maximum absolute atomic E-state index is 13.9. The summed E-state index contributed by atoms with van der Waals surface area (Å²) >= 11 is 0. The van der Waals surface area contributed by atoms with Crippen LogP contribution in [-0.4, -0.2) is 39.3 Å². The van der Waals surface area contributed by atoms with E-state index >= 15 is 0 Å². The van der Waals surface area contributed by atoms with Crippen molar-refractivity contribution in [1.29, 1.82) is 0 Å². The molecule has 0 saturated heterocycles. The van der Waals surface area contributed by atoms with Crippen molar-refractivity contribution in [2.45, 2.75) is 52.1 Å². The first-order valence-corrected chi connectivity index (χ1v) is 14.7. The number of hydrogen-bond acceptors (Lipinski definition) is 6. The van der Waals surface area contributed by atoms with Crippen molar-refractivity contribution in [3.63, 3.8) is 0 Å². The lowest BCUT2D eigenvalue weighted by Crippen LogP contribution is -2.40. The van der Waals surface area contributed by atoms with Crippen LogP contribution in [0.2, 0.25) is 0 Å². The largest absolute Gasteiger partial charge is 0.332 e. The van der Waals surface area contributed by atoms with E-state index in [1.807, 2.05) is 59.2 Å². The highest BCUT2D eigenvalue weighted by Gasteiger charge is 2.20. The van der Waals surface area contributed by atoms with Crippen molar-refractivity contribution in [2.75, 3.05) is 0 Å². The molecular formula is C33H34N8O2. The molecule has 0 bridgehead atoms. The van der Waals surface area contributed by atoms with Gasteiger partial charge in [0.2, 0.25) is 0 Å². The molecule has 0 aliphatic rings. The van der Waals surface area contributed by atoms with Gasteiger partial charge in [0, 0.05) is 32.1 Å². The molecule has 6 rings (SSSR count). The minimum atomic E-state index is -0.344. The minimum Gasteiger partial charge on any atom is -0.318 e. The maximum atomic E-state index is 13.9. The summed E-state index contributed by atoms with van der Waals surface area (Å²) in [5, 5.41) is 14.4. The summed E-state index contributed by atoms with van der Waals surface area (Å²) in [7, 11) is 1.70. The third-order valence-electron chi connectivity index (χ3n) is 7.92. The smallest absolute Gasteiger partial charge is 0.318 e. The van der Waals surface area contributed by atoms with E-state index in [1.54, 1.807) is 7.05 Å². The van der Waals surface area contributed by atoms with E-state index in [0.717, 1.165) is 59.3 Å². The Balaban J connectivity index is 1.38. The Morgan fingerprint density at radius 2 is 1.53 bits per heavy atom. The van der Waals surface area contributed by atoms with E-state index < -0.39 is 0 Å². The van der Waals surface area contributed by atoms with E-state index in [-0.39, 0.29) is 11.2 Å². The lowest BCUT2D eigenvalue weighted by molar-refractivity contribution is 0.599. The van der Waals surface area contributed by atoms with Crippen molar-refractivity contribution < 1.29 is 0 Å². The Kier molecular flexibility index (Phi) is 8.08. The molecule has 3 aromatic carbocycles. The monoisotopic (exact) mass is 574 g/mol. The zero-order valence-electron chi connectivity index (χ0n) is 24.4. The average Bonchev–Trinajstić information content (AvgIpc) is 3.70. The summed E-state index contributed by atoms with van der Waals surface area (Å²) in [6, 6.07) is 26.2. The molecule has 0 fully saturated rings. The fourth-order valence-corrected chi connectivity index (χ4v) is 5.58. The van der Waals surface area contributed by atoms with E-state index in [9.17, 15) is 9.59 Å². The molecule has 0 amide bonds. The van der Waals surface area contributed by atoms with Gasteiger partial charge in [-0.1, -0.05) is 98.6 Å². The first-order valence-electron chi connectivity index (χ1n) is 14.7. The number of hydrogen-bond donors (Lipinski definition) is 1. The van der Waals surface area contributed by atoms with Gasteiger partial charge in [-0.2, -0.15) is 0 Å². The second-order valence-corrected chi connectivity index (χ2v) is 10.8. The van der Waals surface area contributed by atoms with Crippen LogP contribution in [0.1, 0.15) is 43.1 Å². The molecule has 0 aliphatic carbocycles. The standard InChI is InChI=1S/C33H34N8O2/c1-3-4-6-15-28-34-31-29(32(42)40(33(43)39(31)2)21-20-23-11-7-5-8-12-23)41(28)22-24-16-18-25(19-17-24)26-13-9-10-14-27(26)30-35-37-38-36-30/h5,7-14,16-19H,3-4,6,15,20-22H2,1-2H3,(H,35,36,37,38). The summed E-state index contributed by atoms with van der Waals surface area (Å²) in [5.41, 5.74) is 5.32. The van der Waals surface area contributed by atoms with Crippen LogP contribution in [0.3, 0.4) is 0 Å². The number of rotatable bonds is 11. The van der Waals surface area contributed by atoms with Crippen molar-refractivity contribution >= 4 is 11.2 Å². The number of benzene rings is 3. The second kappa shape index (κ2) is 12.4. The fraction of sp³-hybridized carbons (Fsp3) is 0.273. The van der Waals surface area contributed by atoms with Gasteiger partial charge < -0.3 is 4.57 Å². The Hall–Kier alpha value is -5.12. The highest BCUT2D eigenvalue weighted by atomic mass is 16.2. The second-order valence-electron chi connectivity index (χ2n) is 10.8. The Morgan fingerprint density at radius 1 is 0.791 bits per heavy atom. The van der Waals surface area contributed by atoms with Crippen LogP contribution in [-0.2, 0) is 33.0 Å². The number of nitrogens with one attached hydrogen (secondary N) is 1. The van der Waals surface area contributed by atoms with Gasteiger partial charge in [0.25, 0.3) is 5.56 Å². The van der Waals surface area contributed by atoms with Crippen molar-refractivity contribution in [1.82, 2.24) is 39.3 Å². The molecule has 0 saturated carbocycles. The van der Waals surface area contributed by atoms with Crippen LogP contribution in [0.4, 0.5) is 0 Å². The molecule has 10 nitrogen and oxygen atoms in total. The summed E-state index contributed by atoms with van der Waals surface area (Å²) in [5.74, 6) is 1.43. The van der Waals surface area contributed by atoms with Gasteiger partial charge >= 0.3 is 5.69 Å². The number of tetrazole rings is 1. The fourth-order valence-electron chi connectivity index (χ4n) is 5.58. The van der Waals surface area contributed by atoms with E-state index in [2.05, 4.69) is 51.8 Å². The van der Waals surface area contributed by atoms with Crippen LogP contribution in [0.25, 0.3) is 33.7 Å². The SMILES string of the molecule is CCCCCc1nc2c(c(=O)n(CCc3ccccc3)c(=O)n2C)n1Cc1ccc(-c2ccccc2-c2nnn[nH]2)cc1. The molecule has 3 heterocycles. The summed E-state index contributed by atoms with van der Waals surface area (Å²) in [6.45, 7) is 2.94. The molecule has 3 aromatic heterocycles. The predicted molar refractivity (Wildman–Crippen MR) is 167 cm³/mol. The minimum absolute atomic E-state index is 0.297. The number of H-pyrrole nitrogens is 1. The average molecular weight is 575 g/mol. The molecule has 0 radical (unpaired) electrons. The van der Waals surface area contributed by atoms with Crippen LogP contribution < -0.4 is 11.2 Å². The van der Waals surface area contributed by atoms with Gasteiger partial charge in [0.15, 0.2) is 17.0 Å². The quantitative estimate of drug-likeness (QED) is 0.223. The zero-order chi connectivity index (χ0) is 29.8. The van der Waals surface area contributed by atoms with Crippen molar-refractivity contribution in [2.24, 2.45) is 7.05 Å². The number of aromatic amines is 1. The van der Waals surface area contributed by atoms with Crippen LogP contribution >= 0.6 is 0 Å². The number of aromatic nitrogens is 8. The van der Waals surface area contributed by atoms with Gasteiger partial charge in [-0.15, -0.1) is 5.10 Å².